The summed E-state index contributed by atoms with van der Waals surface area (Å²) in [6.45, 7) is 3.56. The van der Waals surface area contributed by atoms with E-state index in [1.54, 1.807) is 11.3 Å². The molecule has 4 rings (SSSR count). The highest BCUT2D eigenvalue weighted by Gasteiger charge is 2.16. The van der Waals surface area contributed by atoms with Crippen molar-refractivity contribution < 1.29 is 9.21 Å². The Balaban J connectivity index is 1.41. The molecule has 0 bridgehead atoms. The fourth-order valence-corrected chi connectivity index (χ4v) is 4.36. The summed E-state index contributed by atoms with van der Waals surface area (Å²) in [5, 5.41) is 6.23. The minimum Gasteiger partial charge on any atom is -0.447 e. The van der Waals surface area contributed by atoms with Gasteiger partial charge in [-0.3, -0.25) is 9.69 Å². The van der Waals surface area contributed by atoms with Gasteiger partial charge in [0.2, 0.25) is 5.89 Å². The summed E-state index contributed by atoms with van der Waals surface area (Å²) in [6, 6.07) is 12.6. The molecule has 0 radical (unpaired) electrons. The van der Waals surface area contributed by atoms with E-state index < -0.39 is 0 Å². The largest absolute Gasteiger partial charge is 0.447 e. The molecule has 1 amide bonds. The van der Waals surface area contributed by atoms with Crippen LogP contribution in [0.3, 0.4) is 0 Å². The zero-order chi connectivity index (χ0) is 22.3. The van der Waals surface area contributed by atoms with Gasteiger partial charge in [0.05, 0.1) is 6.54 Å². The number of benzene rings is 1. The first-order valence-electron chi connectivity index (χ1n) is 10.8. The highest BCUT2D eigenvalue weighted by atomic mass is 32.1. The maximum Gasteiger partial charge on any atom is 0.273 e. The molecule has 0 aliphatic carbocycles. The minimum absolute atomic E-state index is 0.203. The summed E-state index contributed by atoms with van der Waals surface area (Å²) in [4.78, 5) is 25.7. The third kappa shape index (κ3) is 5.85. The number of H-pyrrole nitrogens is 1. The van der Waals surface area contributed by atoms with Crippen molar-refractivity contribution in [3.05, 3.63) is 76.3 Å². The van der Waals surface area contributed by atoms with Crippen LogP contribution in [-0.2, 0) is 19.5 Å². The topological polar surface area (TPSA) is 77.4 Å². The first kappa shape index (κ1) is 22.3. The van der Waals surface area contributed by atoms with Crippen molar-refractivity contribution in [2.45, 2.75) is 19.5 Å². The molecule has 0 aliphatic heterocycles. The number of nitrogens with one attached hydrogen (secondary N) is 2. The molecule has 0 atom stereocenters. The van der Waals surface area contributed by atoms with Crippen molar-refractivity contribution in [1.29, 1.82) is 0 Å². The van der Waals surface area contributed by atoms with E-state index in [9.17, 15) is 4.79 Å². The molecule has 3 aromatic heterocycles. The quantitative estimate of drug-likeness (QED) is 0.363. The molecule has 3 heterocycles. The normalized spacial score (nSPS) is 11.6. The number of carbonyl (C=O) groups excluding carboxylic acids is 1. The first-order chi connectivity index (χ1) is 15.6. The molecule has 8 heteroatoms. The van der Waals surface area contributed by atoms with E-state index in [1.807, 2.05) is 25.1 Å². The maximum atomic E-state index is 12.3. The molecule has 1 aromatic carbocycles. The van der Waals surface area contributed by atoms with Crippen molar-refractivity contribution in [3.8, 4) is 0 Å². The zero-order valence-electron chi connectivity index (χ0n) is 18.5. The summed E-state index contributed by atoms with van der Waals surface area (Å²) in [7, 11) is 3.94. The number of likely N-dealkylation sites (N-methyl/N-ethyl adjacent to an activating group) is 1. The number of oxazole rings is 1. The number of aromatic amines is 1. The van der Waals surface area contributed by atoms with Gasteiger partial charge in [-0.05, 0) is 43.6 Å². The van der Waals surface area contributed by atoms with Crippen LogP contribution in [0.4, 0.5) is 0 Å². The van der Waals surface area contributed by atoms with Crippen LogP contribution in [0.1, 0.15) is 26.8 Å². The summed E-state index contributed by atoms with van der Waals surface area (Å²) in [5.41, 5.74) is 2.78. The Morgan fingerprint density at radius 2 is 2.03 bits per heavy atom. The number of hydrogen-bond donors (Lipinski definition) is 2. The van der Waals surface area contributed by atoms with Crippen LogP contribution in [0.25, 0.3) is 10.9 Å². The lowest BCUT2D eigenvalue weighted by Gasteiger charge is -2.20. The predicted molar refractivity (Wildman–Crippen MR) is 128 cm³/mol. The average molecular weight is 452 g/mol. The van der Waals surface area contributed by atoms with Crippen LogP contribution in [0.5, 0.6) is 0 Å². The van der Waals surface area contributed by atoms with Gasteiger partial charge in [0, 0.05) is 48.2 Å². The number of para-hydroxylation sites is 1. The number of amides is 1. The van der Waals surface area contributed by atoms with Gasteiger partial charge >= 0.3 is 0 Å². The number of nitrogens with zero attached hydrogens (tertiary/aromatic N) is 3. The third-order valence-corrected chi connectivity index (χ3v) is 6.18. The number of aromatic nitrogens is 2. The average Bonchev–Trinajstić information content (AvgIpc) is 3.53. The minimum atomic E-state index is -0.203. The van der Waals surface area contributed by atoms with E-state index in [1.165, 1.54) is 22.1 Å². The Morgan fingerprint density at radius 1 is 1.16 bits per heavy atom. The third-order valence-electron chi connectivity index (χ3n) is 5.32. The van der Waals surface area contributed by atoms with E-state index in [0.717, 1.165) is 31.6 Å². The van der Waals surface area contributed by atoms with Crippen molar-refractivity contribution in [2.75, 3.05) is 33.7 Å². The second kappa shape index (κ2) is 10.6. The van der Waals surface area contributed by atoms with Crippen LogP contribution in [0, 0.1) is 0 Å². The molecule has 2 N–H and O–H groups in total. The highest BCUT2D eigenvalue weighted by Crippen LogP contribution is 2.20. The molecule has 0 saturated carbocycles. The molecule has 0 unspecified atom stereocenters. The van der Waals surface area contributed by atoms with Gasteiger partial charge in [-0.25, -0.2) is 4.98 Å². The molecule has 4 aromatic rings. The van der Waals surface area contributed by atoms with Crippen molar-refractivity contribution in [1.82, 2.24) is 25.1 Å². The Bertz CT molecular complexity index is 1130. The lowest BCUT2D eigenvalue weighted by molar-refractivity contribution is 0.0946. The van der Waals surface area contributed by atoms with Gasteiger partial charge in [-0.1, -0.05) is 24.3 Å². The molecule has 0 spiro atoms. The second-order valence-electron chi connectivity index (χ2n) is 8.09. The van der Waals surface area contributed by atoms with Crippen LogP contribution < -0.4 is 5.32 Å². The van der Waals surface area contributed by atoms with Crippen molar-refractivity contribution >= 4 is 28.1 Å². The first-order valence-corrected chi connectivity index (χ1v) is 11.6. The van der Waals surface area contributed by atoms with E-state index in [0.29, 0.717) is 24.7 Å². The molecular formula is C24H29N5O2S. The molecule has 0 saturated heterocycles. The van der Waals surface area contributed by atoms with Crippen LogP contribution in [0.2, 0.25) is 0 Å². The maximum absolute atomic E-state index is 12.3. The van der Waals surface area contributed by atoms with Gasteiger partial charge < -0.3 is 19.6 Å². The second-order valence-corrected chi connectivity index (χ2v) is 9.12. The Labute approximate surface area is 192 Å². The van der Waals surface area contributed by atoms with Gasteiger partial charge in [-0.15, -0.1) is 11.3 Å². The van der Waals surface area contributed by atoms with Crippen molar-refractivity contribution in [3.63, 3.8) is 0 Å². The standard InChI is InChI=1S/C24H29N5O2S/c1-28(2)12-10-25-24(30)22-17-31-23(27-22)16-29(15-19-6-5-13-32-19)11-9-18-14-26-21-8-4-3-7-20(18)21/h3-8,13-14,17,26H,9-12,15-16H2,1-2H3,(H,25,30). The smallest absolute Gasteiger partial charge is 0.273 e. The fraction of sp³-hybridized carbons (Fsp3) is 0.333. The number of thiophene rings is 1. The van der Waals surface area contributed by atoms with E-state index >= 15 is 0 Å². The van der Waals surface area contributed by atoms with Crippen LogP contribution >= 0.6 is 11.3 Å². The Morgan fingerprint density at radius 3 is 2.84 bits per heavy atom. The lowest BCUT2D eigenvalue weighted by Crippen LogP contribution is -2.31. The number of hydrogen-bond acceptors (Lipinski definition) is 6. The summed E-state index contributed by atoms with van der Waals surface area (Å²) in [6.07, 6.45) is 4.45. The number of rotatable bonds is 11. The van der Waals surface area contributed by atoms with Crippen LogP contribution in [0.15, 0.2) is 58.7 Å². The lowest BCUT2D eigenvalue weighted by atomic mass is 10.1. The molecular weight excluding hydrogens is 422 g/mol. The SMILES string of the molecule is CN(C)CCNC(=O)c1coc(CN(CCc2c[nH]c3ccccc23)Cc2cccs2)n1. The number of fused-ring (bicyclic) bond motifs is 1. The molecule has 168 valence electrons. The van der Waals surface area contributed by atoms with Gasteiger partial charge in [0.25, 0.3) is 5.91 Å². The summed E-state index contributed by atoms with van der Waals surface area (Å²) >= 11 is 1.74. The monoisotopic (exact) mass is 451 g/mol. The summed E-state index contributed by atoms with van der Waals surface area (Å²) < 4.78 is 5.64. The zero-order valence-corrected chi connectivity index (χ0v) is 19.3. The molecule has 0 aliphatic rings. The van der Waals surface area contributed by atoms with Gasteiger partial charge in [0.1, 0.15) is 6.26 Å². The van der Waals surface area contributed by atoms with Gasteiger partial charge in [0.15, 0.2) is 5.69 Å². The Hall–Kier alpha value is -2.94. The van der Waals surface area contributed by atoms with E-state index in [2.05, 4.69) is 62.1 Å². The Kier molecular flexibility index (Phi) is 7.36. The predicted octanol–water partition coefficient (Wildman–Crippen LogP) is 3.75. The summed E-state index contributed by atoms with van der Waals surface area (Å²) in [5.74, 6) is 0.351. The van der Waals surface area contributed by atoms with Gasteiger partial charge in [-0.2, -0.15) is 0 Å². The van der Waals surface area contributed by atoms with Crippen LogP contribution in [-0.4, -0.2) is 59.4 Å². The highest BCUT2D eigenvalue weighted by molar-refractivity contribution is 7.09. The van der Waals surface area contributed by atoms with E-state index in [-0.39, 0.29) is 5.91 Å². The fourth-order valence-electron chi connectivity index (χ4n) is 3.62. The number of carbonyl (C=O) groups is 1. The van der Waals surface area contributed by atoms with Crippen molar-refractivity contribution in [2.24, 2.45) is 0 Å². The molecule has 7 nitrogen and oxygen atoms in total. The molecule has 32 heavy (non-hydrogen) atoms. The van der Waals surface area contributed by atoms with E-state index in [4.69, 9.17) is 4.42 Å². The molecule has 0 fully saturated rings.